The van der Waals surface area contributed by atoms with E-state index in [1.165, 1.54) is 17.7 Å². The highest BCUT2D eigenvalue weighted by Crippen LogP contribution is 2.42. The Morgan fingerprint density at radius 1 is 1.50 bits per heavy atom. The number of hydrogen-bond donors (Lipinski definition) is 2. The summed E-state index contributed by atoms with van der Waals surface area (Å²) in [7, 11) is 0. The van der Waals surface area contributed by atoms with E-state index < -0.39 is 0 Å². The third kappa shape index (κ3) is 2.18. The van der Waals surface area contributed by atoms with Crippen LogP contribution in [0.15, 0.2) is 29.8 Å². The SMILES string of the molecule is c1csc(C(NCc2ccn[nH]2)C2CC2)c1. The zero-order chi connectivity index (χ0) is 10.8. The van der Waals surface area contributed by atoms with E-state index in [0.29, 0.717) is 6.04 Å². The van der Waals surface area contributed by atoms with Crippen molar-refractivity contribution in [1.29, 1.82) is 0 Å². The van der Waals surface area contributed by atoms with Gasteiger partial charge in [-0.05, 0) is 36.3 Å². The van der Waals surface area contributed by atoms with Gasteiger partial charge in [0.1, 0.15) is 0 Å². The third-order valence-electron chi connectivity index (χ3n) is 3.01. The lowest BCUT2D eigenvalue weighted by Crippen LogP contribution is -2.22. The van der Waals surface area contributed by atoms with E-state index >= 15 is 0 Å². The minimum atomic E-state index is 0.531. The Labute approximate surface area is 98.9 Å². The second-order valence-corrected chi connectivity index (χ2v) is 5.27. The first-order chi connectivity index (χ1) is 7.93. The van der Waals surface area contributed by atoms with Gasteiger partial charge in [0.2, 0.25) is 0 Å². The molecule has 84 valence electrons. The summed E-state index contributed by atoms with van der Waals surface area (Å²) in [4.78, 5) is 1.46. The smallest absolute Gasteiger partial charge is 0.0490 e. The Bertz CT molecular complexity index is 417. The van der Waals surface area contributed by atoms with Crippen molar-refractivity contribution < 1.29 is 0 Å². The molecule has 0 saturated heterocycles. The second kappa shape index (κ2) is 4.39. The first-order valence-corrected chi connectivity index (χ1v) is 6.56. The number of aromatic amines is 1. The average molecular weight is 233 g/mol. The van der Waals surface area contributed by atoms with Gasteiger partial charge in [-0.3, -0.25) is 5.10 Å². The van der Waals surface area contributed by atoms with Crippen LogP contribution in [0, 0.1) is 5.92 Å². The minimum absolute atomic E-state index is 0.531. The van der Waals surface area contributed by atoms with Gasteiger partial charge in [-0.15, -0.1) is 11.3 Å². The highest BCUT2D eigenvalue weighted by Gasteiger charge is 2.32. The molecule has 0 spiro atoms. The van der Waals surface area contributed by atoms with Gasteiger partial charge in [0.05, 0.1) is 0 Å². The number of nitrogens with one attached hydrogen (secondary N) is 2. The quantitative estimate of drug-likeness (QED) is 0.833. The Balaban J connectivity index is 1.66. The molecular weight excluding hydrogens is 218 g/mol. The van der Waals surface area contributed by atoms with Crippen molar-refractivity contribution in [3.63, 3.8) is 0 Å². The van der Waals surface area contributed by atoms with Gasteiger partial charge < -0.3 is 5.32 Å². The van der Waals surface area contributed by atoms with Crippen LogP contribution in [0.3, 0.4) is 0 Å². The van der Waals surface area contributed by atoms with E-state index in [1.54, 1.807) is 6.20 Å². The van der Waals surface area contributed by atoms with E-state index in [0.717, 1.165) is 18.2 Å². The Morgan fingerprint density at radius 2 is 2.44 bits per heavy atom. The summed E-state index contributed by atoms with van der Waals surface area (Å²) in [5.41, 5.74) is 1.15. The second-order valence-electron chi connectivity index (χ2n) is 4.29. The van der Waals surface area contributed by atoms with Crippen LogP contribution in [0.25, 0.3) is 0 Å². The summed E-state index contributed by atoms with van der Waals surface area (Å²) in [6, 6.07) is 6.91. The van der Waals surface area contributed by atoms with E-state index in [1.807, 2.05) is 17.4 Å². The van der Waals surface area contributed by atoms with Crippen LogP contribution in [0.1, 0.15) is 29.5 Å². The van der Waals surface area contributed by atoms with Crippen molar-refractivity contribution in [3.8, 4) is 0 Å². The highest BCUT2D eigenvalue weighted by atomic mass is 32.1. The molecule has 1 unspecified atom stereocenters. The number of hydrogen-bond acceptors (Lipinski definition) is 3. The monoisotopic (exact) mass is 233 g/mol. The van der Waals surface area contributed by atoms with E-state index in [4.69, 9.17) is 0 Å². The summed E-state index contributed by atoms with van der Waals surface area (Å²) < 4.78 is 0. The molecular formula is C12H15N3S. The molecule has 3 nitrogen and oxygen atoms in total. The molecule has 1 saturated carbocycles. The molecule has 2 N–H and O–H groups in total. The number of thiophene rings is 1. The van der Waals surface area contributed by atoms with Crippen molar-refractivity contribution in [2.45, 2.75) is 25.4 Å². The highest BCUT2D eigenvalue weighted by molar-refractivity contribution is 7.10. The average Bonchev–Trinajstić information content (AvgIpc) is 2.83. The first-order valence-electron chi connectivity index (χ1n) is 5.68. The molecule has 1 atom stereocenters. The van der Waals surface area contributed by atoms with Crippen molar-refractivity contribution in [2.24, 2.45) is 5.92 Å². The van der Waals surface area contributed by atoms with Crippen LogP contribution in [0.5, 0.6) is 0 Å². The van der Waals surface area contributed by atoms with Crippen molar-refractivity contribution in [3.05, 3.63) is 40.3 Å². The number of rotatable bonds is 5. The number of aromatic nitrogens is 2. The van der Waals surface area contributed by atoms with Crippen molar-refractivity contribution in [1.82, 2.24) is 15.5 Å². The normalized spacial score (nSPS) is 17.5. The molecule has 1 fully saturated rings. The molecule has 16 heavy (non-hydrogen) atoms. The van der Waals surface area contributed by atoms with Gasteiger partial charge in [-0.25, -0.2) is 0 Å². The van der Waals surface area contributed by atoms with Gasteiger partial charge in [0.15, 0.2) is 0 Å². The van der Waals surface area contributed by atoms with Crippen LogP contribution in [0.2, 0.25) is 0 Å². The molecule has 2 heterocycles. The van der Waals surface area contributed by atoms with E-state index in [2.05, 4.69) is 33.0 Å². The lowest BCUT2D eigenvalue weighted by atomic mass is 10.1. The molecule has 4 heteroatoms. The van der Waals surface area contributed by atoms with Crippen molar-refractivity contribution in [2.75, 3.05) is 0 Å². The Hall–Kier alpha value is -1.13. The molecule has 0 radical (unpaired) electrons. The predicted molar refractivity (Wildman–Crippen MR) is 65.2 cm³/mol. The van der Waals surface area contributed by atoms with Crippen LogP contribution < -0.4 is 5.32 Å². The largest absolute Gasteiger partial charge is 0.303 e. The maximum Gasteiger partial charge on any atom is 0.0490 e. The minimum Gasteiger partial charge on any atom is -0.303 e. The zero-order valence-electron chi connectivity index (χ0n) is 9.02. The summed E-state index contributed by atoms with van der Waals surface area (Å²) in [5, 5.41) is 12.7. The van der Waals surface area contributed by atoms with Gasteiger partial charge >= 0.3 is 0 Å². The summed E-state index contributed by atoms with van der Waals surface area (Å²) in [6.45, 7) is 0.874. The third-order valence-corrected chi connectivity index (χ3v) is 3.97. The molecule has 2 aromatic heterocycles. The fraction of sp³-hybridized carbons (Fsp3) is 0.417. The summed E-state index contributed by atoms with van der Waals surface area (Å²) >= 11 is 1.85. The molecule has 0 bridgehead atoms. The maximum absolute atomic E-state index is 3.96. The molecule has 0 amide bonds. The molecule has 0 aromatic carbocycles. The molecule has 1 aliphatic rings. The summed E-state index contributed by atoms with van der Waals surface area (Å²) in [5.74, 6) is 0.835. The van der Waals surface area contributed by atoms with E-state index in [-0.39, 0.29) is 0 Å². The van der Waals surface area contributed by atoms with Crippen molar-refractivity contribution >= 4 is 11.3 Å². The molecule has 1 aliphatic carbocycles. The fourth-order valence-corrected chi connectivity index (χ4v) is 2.89. The fourth-order valence-electron chi connectivity index (χ4n) is 2.00. The van der Waals surface area contributed by atoms with Crippen LogP contribution in [-0.2, 0) is 6.54 Å². The summed E-state index contributed by atoms with van der Waals surface area (Å²) in [6.07, 6.45) is 4.52. The number of nitrogens with zero attached hydrogens (tertiary/aromatic N) is 1. The van der Waals surface area contributed by atoms with Crippen LogP contribution in [-0.4, -0.2) is 10.2 Å². The van der Waals surface area contributed by atoms with Crippen LogP contribution in [0.4, 0.5) is 0 Å². The molecule has 2 aromatic rings. The maximum atomic E-state index is 3.96. The lowest BCUT2D eigenvalue weighted by Gasteiger charge is -2.16. The predicted octanol–water partition coefficient (Wildman–Crippen LogP) is 2.71. The lowest BCUT2D eigenvalue weighted by molar-refractivity contribution is 0.483. The standard InChI is InChI=1S/C12H15N3S/c1-2-11(16-7-1)12(9-3-4-9)13-8-10-5-6-14-15-10/h1-2,5-7,9,12-13H,3-4,8H2,(H,14,15). The molecule has 0 aliphatic heterocycles. The van der Waals surface area contributed by atoms with Gasteiger partial charge in [0, 0.05) is 29.4 Å². The zero-order valence-corrected chi connectivity index (χ0v) is 9.83. The van der Waals surface area contributed by atoms with Gasteiger partial charge in [-0.2, -0.15) is 5.10 Å². The topological polar surface area (TPSA) is 40.7 Å². The van der Waals surface area contributed by atoms with Gasteiger partial charge in [-0.1, -0.05) is 6.07 Å². The van der Waals surface area contributed by atoms with Crippen LogP contribution >= 0.6 is 11.3 Å². The van der Waals surface area contributed by atoms with E-state index in [9.17, 15) is 0 Å². The number of H-pyrrole nitrogens is 1. The Kier molecular flexibility index (Phi) is 2.76. The first kappa shape index (κ1) is 10.1. The Morgan fingerprint density at radius 3 is 3.06 bits per heavy atom. The van der Waals surface area contributed by atoms with Gasteiger partial charge in [0.25, 0.3) is 0 Å². The molecule has 3 rings (SSSR count).